The van der Waals surface area contributed by atoms with E-state index in [1.807, 2.05) is 6.92 Å². The topological polar surface area (TPSA) is 83.8 Å². The van der Waals surface area contributed by atoms with Gasteiger partial charge in [-0.25, -0.2) is 0 Å². The standard InChI is InChI=1S/C19H26O5/c1-9-5-18-6-10(9)3-4-12(18)19-8-11(20)7-17(2,16(23)24-19)14(19)13(18)15(21)22/h9-14,20H,3-8H2,1-2H3,(H,21,22)/t9-,10+,11+,12?,13+,14+,17?,18-,19-/m0/s1. The molecular weight excluding hydrogens is 308 g/mol. The monoisotopic (exact) mass is 334 g/mol. The molecule has 9 atom stereocenters. The van der Waals surface area contributed by atoms with Crippen molar-refractivity contribution in [3.63, 3.8) is 0 Å². The zero-order valence-corrected chi connectivity index (χ0v) is 14.3. The van der Waals surface area contributed by atoms with Gasteiger partial charge in [-0.15, -0.1) is 0 Å². The number of rotatable bonds is 1. The highest BCUT2D eigenvalue weighted by atomic mass is 16.6. The Morgan fingerprint density at radius 2 is 1.96 bits per heavy atom. The maximum atomic E-state index is 12.7. The van der Waals surface area contributed by atoms with Gasteiger partial charge in [0.05, 0.1) is 17.4 Å². The normalized spacial score (nSPS) is 60.5. The average molecular weight is 334 g/mol. The molecule has 0 amide bonds. The van der Waals surface area contributed by atoms with Crippen LogP contribution < -0.4 is 0 Å². The van der Waals surface area contributed by atoms with Crippen LogP contribution in [0.4, 0.5) is 0 Å². The highest BCUT2D eigenvalue weighted by molar-refractivity contribution is 5.84. The van der Waals surface area contributed by atoms with Crippen LogP contribution in [0.1, 0.15) is 52.4 Å². The van der Waals surface area contributed by atoms with Gasteiger partial charge in [0, 0.05) is 18.3 Å². The largest absolute Gasteiger partial charge is 0.481 e. The molecule has 132 valence electrons. The lowest BCUT2D eigenvalue weighted by atomic mass is 9.59. The van der Waals surface area contributed by atoms with Crippen LogP contribution in [0.5, 0.6) is 0 Å². The molecule has 4 saturated carbocycles. The fraction of sp³-hybridized carbons (Fsp3) is 0.895. The molecule has 5 rings (SSSR count). The molecule has 1 heterocycles. The van der Waals surface area contributed by atoms with E-state index in [0.29, 0.717) is 24.7 Å². The van der Waals surface area contributed by atoms with Gasteiger partial charge in [-0.2, -0.15) is 0 Å². The van der Waals surface area contributed by atoms with Crippen LogP contribution in [0, 0.1) is 40.4 Å². The predicted molar refractivity (Wildman–Crippen MR) is 83.8 cm³/mol. The van der Waals surface area contributed by atoms with Crippen molar-refractivity contribution in [1.82, 2.24) is 0 Å². The van der Waals surface area contributed by atoms with Crippen molar-refractivity contribution in [2.24, 2.45) is 40.4 Å². The first-order valence-electron chi connectivity index (χ1n) is 9.39. The number of hydrogen-bond donors (Lipinski definition) is 2. The zero-order valence-electron chi connectivity index (χ0n) is 14.3. The van der Waals surface area contributed by atoms with E-state index in [1.54, 1.807) is 0 Å². The fourth-order valence-electron chi connectivity index (χ4n) is 8.21. The number of carbonyl (C=O) groups is 2. The summed E-state index contributed by atoms with van der Waals surface area (Å²) < 4.78 is 6.04. The lowest BCUT2D eigenvalue weighted by Crippen LogP contribution is -2.51. The number of aliphatic hydroxyl groups is 1. The number of ether oxygens (including phenoxy) is 1. The first kappa shape index (κ1) is 15.2. The molecule has 0 radical (unpaired) electrons. The van der Waals surface area contributed by atoms with Crippen molar-refractivity contribution in [2.45, 2.75) is 64.1 Å². The van der Waals surface area contributed by atoms with E-state index in [9.17, 15) is 19.8 Å². The van der Waals surface area contributed by atoms with Crippen molar-refractivity contribution in [2.75, 3.05) is 0 Å². The van der Waals surface area contributed by atoms with Crippen LogP contribution in [-0.4, -0.2) is 33.9 Å². The second kappa shape index (κ2) is 4.17. The molecule has 5 heteroatoms. The van der Waals surface area contributed by atoms with E-state index in [1.165, 1.54) is 0 Å². The van der Waals surface area contributed by atoms with Crippen molar-refractivity contribution >= 4 is 11.9 Å². The molecule has 2 unspecified atom stereocenters. The molecular formula is C19H26O5. The van der Waals surface area contributed by atoms with E-state index >= 15 is 0 Å². The molecule has 1 saturated heterocycles. The molecule has 5 aliphatic rings. The number of aliphatic hydroxyl groups excluding tert-OH is 1. The summed E-state index contributed by atoms with van der Waals surface area (Å²) in [6.07, 6.45) is 4.11. The molecule has 5 fully saturated rings. The van der Waals surface area contributed by atoms with E-state index in [0.717, 1.165) is 25.7 Å². The lowest BCUT2D eigenvalue weighted by Gasteiger charge is -2.44. The van der Waals surface area contributed by atoms with Crippen molar-refractivity contribution in [3.05, 3.63) is 0 Å². The third kappa shape index (κ3) is 1.40. The SMILES string of the molecule is C[C@H]1C[C@]23C[C@H]1CCC2[C@]12C[C@H](O)CC(C)(C(=O)O1)[C@H]2[C@@H]3C(=O)O. The number of carbonyl (C=O) groups excluding carboxylic acids is 1. The van der Waals surface area contributed by atoms with Crippen molar-refractivity contribution in [3.8, 4) is 0 Å². The summed E-state index contributed by atoms with van der Waals surface area (Å²) in [6.45, 7) is 4.09. The summed E-state index contributed by atoms with van der Waals surface area (Å²) in [5.41, 5.74) is -1.85. The third-order valence-corrected chi connectivity index (χ3v) is 8.65. The first-order valence-corrected chi connectivity index (χ1v) is 9.39. The van der Waals surface area contributed by atoms with Crippen molar-refractivity contribution < 1.29 is 24.5 Å². The Bertz CT molecular complexity index is 642. The molecule has 0 aromatic carbocycles. The molecule has 4 bridgehead atoms. The number of aliphatic carboxylic acids is 1. The minimum Gasteiger partial charge on any atom is -0.481 e. The number of esters is 1. The van der Waals surface area contributed by atoms with Crippen molar-refractivity contribution in [1.29, 1.82) is 0 Å². The van der Waals surface area contributed by atoms with Gasteiger partial charge in [0.1, 0.15) is 5.60 Å². The fourth-order valence-corrected chi connectivity index (χ4v) is 8.21. The van der Waals surface area contributed by atoms with Crippen LogP contribution in [0.2, 0.25) is 0 Å². The minimum atomic E-state index is -0.853. The Labute approximate surface area is 141 Å². The van der Waals surface area contributed by atoms with E-state index in [4.69, 9.17) is 4.74 Å². The summed E-state index contributed by atoms with van der Waals surface area (Å²) in [7, 11) is 0. The molecule has 0 aromatic heterocycles. The van der Waals surface area contributed by atoms with E-state index in [-0.39, 0.29) is 23.2 Å². The second-order valence-corrected chi connectivity index (χ2v) is 9.63. The van der Waals surface area contributed by atoms with Gasteiger partial charge in [-0.1, -0.05) is 6.92 Å². The number of carboxylic acid groups (broad SMARTS) is 1. The highest BCUT2D eigenvalue weighted by Gasteiger charge is 2.82. The predicted octanol–water partition coefficient (Wildman–Crippen LogP) is 2.22. The molecule has 0 aromatic rings. The Morgan fingerprint density at radius 3 is 2.67 bits per heavy atom. The van der Waals surface area contributed by atoms with Gasteiger partial charge in [0.15, 0.2) is 0 Å². The quantitative estimate of drug-likeness (QED) is 0.718. The number of fused-ring (bicyclic) bond motifs is 1. The Morgan fingerprint density at radius 1 is 1.21 bits per heavy atom. The summed E-state index contributed by atoms with van der Waals surface area (Å²) in [4.78, 5) is 25.1. The van der Waals surface area contributed by atoms with Gasteiger partial charge in [0.2, 0.25) is 0 Å². The van der Waals surface area contributed by atoms with Crippen LogP contribution in [0.3, 0.4) is 0 Å². The Kier molecular flexibility index (Phi) is 2.64. The van der Waals surface area contributed by atoms with Gasteiger partial charge in [0.25, 0.3) is 0 Å². The van der Waals surface area contributed by atoms with Gasteiger partial charge in [-0.05, 0) is 56.3 Å². The first-order chi connectivity index (χ1) is 11.2. The highest BCUT2D eigenvalue weighted by Crippen LogP contribution is 2.77. The smallest absolute Gasteiger partial charge is 0.312 e. The molecule has 2 N–H and O–H groups in total. The number of carboxylic acids is 1. The maximum absolute atomic E-state index is 12.7. The van der Waals surface area contributed by atoms with Crippen LogP contribution >= 0.6 is 0 Å². The third-order valence-electron chi connectivity index (χ3n) is 8.65. The molecule has 1 aliphatic heterocycles. The Hall–Kier alpha value is -1.10. The van der Waals surface area contributed by atoms with Crippen LogP contribution in [0.25, 0.3) is 0 Å². The van der Waals surface area contributed by atoms with Gasteiger partial charge < -0.3 is 14.9 Å². The van der Waals surface area contributed by atoms with Gasteiger partial charge >= 0.3 is 11.9 Å². The molecule has 5 nitrogen and oxygen atoms in total. The average Bonchev–Trinajstić information content (AvgIpc) is 2.92. The van der Waals surface area contributed by atoms with E-state index < -0.39 is 29.0 Å². The molecule has 24 heavy (non-hydrogen) atoms. The lowest BCUT2D eigenvalue weighted by molar-refractivity contribution is -0.161. The minimum absolute atomic E-state index is 0.0954. The summed E-state index contributed by atoms with van der Waals surface area (Å²) in [5, 5.41) is 20.7. The van der Waals surface area contributed by atoms with Crippen LogP contribution in [0.15, 0.2) is 0 Å². The summed E-state index contributed by atoms with van der Waals surface area (Å²) >= 11 is 0. The molecule has 1 spiro atoms. The van der Waals surface area contributed by atoms with Gasteiger partial charge in [-0.3, -0.25) is 9.59 Å². The summed E-state index contributed by atoms with van der Waals surface area (Å²) in [6, 6.07) is 0. The number of hydrogen-bond acceptors (Lipinski definition) is 4. The van der Waals surface area contributed by atoms with E-state index in [2.05, 4.69) is 6.92 Å². The summed E-state index contributed by atoms with van der Waals surface area (Å²) in [5.74, 6) is -0.600. The molecule has 4 aliphatic carbocycles. The maximum Gasteiger partial charge on any atom is 0.312 e. The second-order valence-electron chi connectivity index (χ2n) is 9.63. The Balaban J connectivity index is 1.74. The van der Waals surface area contributed by atoms with Crippen LogP contribution in [-0.2, 0) is 14.3 Å². The zero-order chi connectivity index (χ0) is 17.1.